The summed E-state index contributed by atoms with van der Waals surface area (Å²) in [6.45, 7) is 9.42. The van der Waals surface area contributed by atoms with Crippen molar-refractivity contribution in [3.8, 4) is 0 Å². The highest BCUT2D eigenvalue weighted by Crippen LogP contribution is 2.32. The molecule has 164 valence electrons. The first kappa shape index (κ1) is 23.9. The highest BCUT2D eigenvalue weighted by Gasteiger charge is 2.31. The molecular formula is C20H33FN4O3S. The number of alkyl halides is 1. The molecular weight excluding hydrogens is 395 g/mol. The van der Waals surface area contributed by atoms with Crippen LogP contribution in [-0.2, 0) is 13.7 Å². The van der Waals surface area contributed by atoms with E-state index in [2.05, 4.69) is 16.9 Å². The van der Waals surface area contributed by atoms with Gasteiger partial charge in [-0.3, -0.25) is 4.79 Å². The number of allylic oxidation sites excluding steroid dienone is 2. The van der Waals surface area contributed by atoms with Crippen LogP contribution in [0.4, 0.5) is 4.39 Å². The third kappa shape index (κ3) is 8.46. The predicted molar refractivity (Wildman–Crippen MR) is 115 cm³/mol. The van der Waals surface area contributed by atoms with Gasteiger partial charge in [-0.15, -0.1) is 0 Å². The Balaban J connectivity index is 1.73. The molecule has 1 amide bonds. The first-order valence-electron chi connectivity index (χ1n) is 10.1. The molecule has 3 N–H and O–H groups in total. The Bertz CT molecular complexity index is 611. The zero-order chi connectivity index (χ0) is 21.2. The van der Waals surface area contributed by atoms with Gasteiger partial charge in [-0.05, 0) is 38.2 Å². The molecule has 0 aromatic rings. The number of ether oxygens (including phenoxy) is 1. The Labute approximate surface area is 177 Å². The van der Waals surface area contributed by atoms with Crippen molar-refractivity contribution in [2.24, 2.45) is 16.6 Å². The monoisotopic (exact) mass is 428 g/mol. The fourth-order valence-electron chi connectivity index (χ4n) is 3.24. The van der Waals surface area contributed by atoms with E-state index in [9.17, 15) is 9.18 Å². The lowest BCUT2D eigenvalue weighted by atomic mass is 9.83. The third-order valence-corrected chi connectivity index (χ3v) is 5.57. The number of hydrogen-bond acceptors (Lipinski definition) is 6. The molecule has 1 heterocycles. The second-order valence-electron chi connectivity index (χ2n) is 7.59. The molecule has 2 atom stereocenters. The smallest absolute Gasteiger partial charge is 0.217 e. The maximum Gasteiger partial charge on any atom is 0.217 e. The van der Waals surface area contributed by atoms with Crippen molar-refractivity contribution >= 4 is 23.1 Å². The average Bonchev–Trinajstić information content (AvgIpc) is 3.06. The summed E-state index contributed by atoms with van der Waals surface area (Å²) in [5.41, 5.74) is 6.41. The van der Waals surface area contributed by atoms with E-state index >= 15 is 0 Å². The molecule has 1 aliphatic carbocycles. The number of amides is 1. The van der Waals surface area contributed by atoms with Gasteiger partial charge in [0.1, 0.15) is 6.17 Å². The van der Waals surface area contributed by atoms with Crippen molar-refractivity contribution in [1.29, 1.82) is 0 Å². The van der Waals surface area contributed by atoms with Gasteiger partial charge in [0.25, 0.3) is 0 Å². The van der Waals surface area contributed by atoms with Crippen LogP contribution in [0.3, 0.4) is 0 Å². The molecule has 0 spiro atoms. The van der Waals surface area contributed by atoms with Crippen LogP contribution in [0.15, 0.2) is 29.4 Å². The van der Waals surface area contributed by atoms with Crippen LogP contribution in [0.1, 0.15) is 33.1 Å². The molecule has 1 aliphatic heterocycles. The molecule has 2 rings (SSSR count). The van der Waals surface area contributed by atoms with Crippen LogP contribution in [0.5, 0.6) is 0 Å². The van der Waals surface area contributed by atoms with Crippen LogP contribution in [0.2, 0.25) is 0 Å². The van der Waals surface area contributed by atoms with Gasteiger partial charge in [0.05, 0.1) is 43.6 Å². The van der Waals surface area contributed by atoms with Crippen molar-refractivity contribution in [1.82, 2.24) is 10.2 Å². The van der Waals surface area contributed by atoms with Gasteiger partial charge in [0.15, 0.2) is 5.17 Å². The molecule has 1 saturated carbocycles. The van der Waals surface area contributed by atoms with Gasteiger partial charge in [0, 0.05) is 26.1 Å². The molecule has 9 heteroatoms. The van der Waals surface area contributed by atoms with Crippen molar-refractivity contribution in [3.63, 3.8) is 0 Å². The number of likely N-dealkylation sites (tertiary alicyclic amines) is 1. The maximum atomic E-state index is 13.6. The molecule has 0 radical (unpaired) electrons. The van der Waals surface area contributed by atoms with Crippen molar-refractivity contribution in [2.45, 2.75) is 51.4 Å². The highest BCUT2D eigenvalue weighted by molar-refractivity contribution is 8.09. The normalized spacial score (nSPS) is 26.2. The number of nitrogens with two attached hydrogens (primary N) is 1. The molecule has 29 heavy (non-hydrogen) atoms. The molecule has 1 saturated heterocycles. The van der Waals surface area contributed by atoms with Crippen molar-refractivity contribution < 1.29 is 18.1 Å². The topological polar surface area (TPSA) is 89.2 Å². The summed E-state index contributed by atoms with van der Waals surface area (Å²) in [6, 6.07) is 0.0114. The number of rotatable bonds is 10. The van der Waals surface area contributed by atoms with E-state index in [0.29, 0.717) is 49.5 Å². The van der Waals surface area contributed by atoms with E-state index in [1.807, 2.05) is 11.8 Å². The second kappa shape index (κ2) is 12.3. The lowest BCUT2D eigenvalue weighted by Gasteiger charge is -2.35. The minimum absolute atomic E-state index is 0.0114. The molecule has 0 aromatic heterocycles. The van der Waals surface area contributed by atoms with Gasteiger partial charge in [-0.25, -0.2) is 9.38 Å². The molecule has 7 nitrogen and oxygen atoms in total. The first-order chi connectivity index (χ1) is 13.9. The van der Waals surface area contributed by atoms with E-state index in [1.54, 1.807) is 12.2 Å². The predicted octanol–water partition coefficient (Wildman–Crippen LogP) is 2.40. The first-order valence-corrected chi connectivity index (χ1v) is 10.8. The molecule has 2 fully saturated rings. The minimum Gasteiger partial charge on any atom is -0.376 e. The van der Waals surface area contributed by atoms with Crippen molar-refractivity contribution in [3.05, 3.63) is 24.4 Å². The number of nitrogens with zero attached hydrogens (tertiary/aromatic N) is 2. The SMILES string of the molecule is C=C/C=C(\CN)N=C(SOCC1CC(OC[C@H](C)NC(C)=O)C1)N1CC[C@@H](F)C1. The molecule has 0 bridgehead atoms. The minimum atomic E-state index is -0.838. The number of nitrogens with one attached hydrogen (secondary N) is 1. The quantitative estimate of drug-likeness (QED) is 0.240. The van der Waals surface area contributed by atoms with Gasteiger partial charge < -0.3 is 24.9 Å². The van der Waals surface area contributed by atoms with E-state index < -0.39 is 6.17 Å². The number of hydrogen-bond donors (Lipinski definition) is 2. The summed E-state index contributed by atoms with van der Waals surface area (Å²) >= 11 is 1.18. The van der Waals surface area contributed by atoms with Crippen LogP contribution >= 0.6 is 12.0 Å². The van der Waals surface area contributed by atoms with E-state index in [1.165, 1.54) is 19.0 Å². The van der Waals surface area contributed by atoms with Gasteiger partial charge in [-0.2, -0.15) is 0 Å². The Kier molecular flexibility index (Phi) is 10.1. The fraction of sp³-hybridized carbons (Fsp3) is 0.700. The molecule has 0 aromatic carbocycles. The largest absolute Gasteiger partial charge is 0.376 e. The Morgan fingerprint density at radius 2 is 2.28 bits per heavy atom. The summed E-state index contributed by atoms with van der Waals surface area (Å²) in [7, 11) is 0. The lowest BCUT2D eigenvalue weighted by molar-refractivity contribution is -0.120. The Hall–Kier alpha value is -1.42. The zero-order valence-corrected chi connectivity index (χ0v) is 18.1. The van der Waals surface area contributed by atoms with E-state index in [0.717, 1.165) is 12.8 Å². The summed E-state index contributed by atoms with van der Waals surface area (Å²) in [4.78, 5) is 17.5. The van der Waals surface area contributed by atoms with E-state index in [4.69, 9.17) is 14.7 Å². The lowest BCUT2D eigenvalue weighted by Crippen LogP contribution is -2.39. The summed E-state index contributed by atoms with van der Waals surface area (Å²) in [6.07, 6.45) is 5.12. The summed E-state index contributed by atoms with van der Waals surface area (Å²) in [5, 5.41) is 3.45. The van der Waals surface area contributed by atoms with Gasteiger partial charge >= 0.3 is 0 Å². The zero-order valence-electron chi connectivity index (χ0n) is 17.3. The standard InChI is InChI=1S/C20H33FN4O3S/c1-4-5-18(10-22)24-20(25-7-6-17(21)11-25)29-28-13-16-8-19(9-16)27-12-14(2)23-15(3)26/h4-5,14,16-17,19H,1,6-13,22H2,2-3H3,(H,23,26)/b18-5+,24-20?/t14-,16?,17+,19?/m0/s1. The molecule has 0 unspecified atom stereocenters. The summed E-state index contributed by atoms with van der Waals surface area (Å²) < 4.78 is 25.2. The maximum absolute atomic E-state index is 13.6. The molecule has 2 aliphatic rings. The number of halogens is 1. The average molecular weight is 429 g/mol. The van der Waals surface area contributed by atoms with Gasteiger partial charge in [-0.1, -0.05) is 12.7 Å². The Morgan fingerprint density at radius 1 is 1.52 bits per heavy atom. The van der Waals surface area contributed by atoms with Crippen LogP contribution in [-0.4, -0.2) is 67.1 Å². The van der Waals surface area contributed by atoms with E-state index in [-0.39, 0.29) is 24.6 Å². The second-order valence-corrected chi connectivity index (χ2v) is 8.35. The number of carbonyl (C=O) groups excluding carboxylic acids is 1. The van der Waals surface area contributed by atoms with Crippen LogP contribution < -0.4 is 11.1 Å². The third-order valence-electron chi connectivity index (χ3n) is 4.82. The van der Waals surface area contributed by atoms with Gasteiger partial charge in [0.2, 0.25) is 5.91 Å². The number of aliphatic imine (C=N–C) groups is 1. The number of carbonyl (C=O) groups is 1. The van der Waals surface area contributed by atoms with Crippen LogP contribution in [0.25, 0.3) is 0 Å². The fourth-order valence-corrected chi connectivity index (χ4v) is 4.03. The highest BCUT2D eigenvalue weighted by atomic mass is 32.2. The number of amidine groups is 1. The Morgan fingerprint density at radius 3 is 2.86 bits per heavy atom. The van der Waals surface area contributed by atoms with Crippen molar-refractivity contribution in [2.75, 3.05) is 32.8 Å². The summed E-state index contributed by atoms with van der Waals surface area (Å²) in [5.74, 6) is 0.378. The van der Waals surface area contributed by atoms with Crippen LogP contribution in [0, 0.1) is 5.92 Å².